The molecule has 0 spiro atoms. The summed E-state index contributed by atoms with van der Waals surface area (Å²) in [6, 6.07) is 0. The van der Waals surface area contributed by atoms with Gasteiger partial charge in [-0.2, -0.15) is 24.8 Å². The summed E-state index contributed by atoms with van der Waals surface area (Å²) < 4.78 is 65.6. The third kappa shape index (κ3) is 16.1. The summed E-state index contributed by atoms with van der Waals surface area (Å²) in [7, 11) is -4.28. The summed E-state index contributed by atoms with van der Waals surface area (Å²) >= 11 is 0. The van der Waals surface area contributed by atoms with E-state index in [-0.39, 0.29) is 59.4 Å². The van der Waals surface area contributed by atoms with Crippen molar-refractivity contribution in [3.8, 4) is 0 Å². The number of hydrogen-bond acceptors (Lipinski definition) is 29. The minimum absolute atomic E-state index is 0.0248. The lowest BCUT2D eigenvalue weighted by Crippen LogP contribution is -2.50. The quantitative estimate of drug-likeness (QED) is 0.0737. The third-order valence-electron chi connectivity index (χ3n) is 12.7. The van der Waals surface area contributed by atoms with E-state index in [1.54, 1.807) is 96.9 Å². The molecule has 3 aliphatic rings. The van der Waals surface area contributed by atoms with Crippen LogP contribution >= 0.6 is 7.82 Å². The van der Waals surface area contributed by atoms with Crippen LogP contribution in [0, 0.1) is 5.41 Å². The van der Waals surface area contributed by atoms with E-state index in [9.17, 15) is 58.9 Å². The molecule has 5 amide bonds. The highest BCUT2D eigenvalue weighted by Gasteiger charge is 2.57. The lowest BCUT2D eigenvalue weighted by Gasteiger charge is -2.39. The zero-order valence-electron chi connectivity index (χ0n) is 51.6. The number of aliphatic hydroxyl groups excluding tert-OH is 3. The smallest absolute Gasteiger partial charge is 0.443 e. The Morgan fingerprint density at radius 2 is 1.15 bits per heavy atom. The molecule has 0 aliphatic carbocycles. The maximum atomic E-state index is 13.7. The molecule has 4 aromatic rings. The predicted molar refractivity (Wildman–Crippen MR) is 304 cm³/mol. The predicted octanol–water partition coefficient (Wildman–Crippen LogP) is 3.84. The highest BCUT2D eigenvalue weighted by molar-refractivity contribution is 7.48. The van der Waals surface area contributed by atoms with Crippen LogP contribution in [0.1, 0.15) is 137 Å². The monoisotopic (exact) mass is 1250 g/mol. The van der Waals surface area contributed by atoms with Crippen LogP contribution in [0.5, 0.6) is 0 Å². The fourth-order valence-electron chi connectivity index (χ4n) is 8.64. The lowest BCUT2D eigenvalue weighted by molar-refractivity contribution is -0.142. The lowest BCUT2D eigenvalue weighted by atomic mass is 9.87. The number of amides is 5. The van der Waals surface area contributed by atoms with E-state index in [1.165, 1.54) is 31.7 Å². The van der Waals surface area contributed by atoms with E-state index in [0.717, 1.165) is 10.9 Å². The van der Waals surface area contributed by atoms with Crippen molar-refractivity contribution >= 4 is 89.7 Å². The van der Waals surface area contributed by atoms with Gasteiger partial charge in [-0.15, -0.1) is 4.90 Å². The van der Waals surface area contributed by atoms with E-state index in [0.29, 0.717) is 9.80 Å². The number of fused-ring (bicyclic) bond motifs is 2. The van der Waals surface area contributed by atoms with Gasteiger partial charge in [0.15, 0.2) is 47.0 Å². The van der Waals surface area contributed by atoms with Crippen molar-refractivity contribution in [1.29, 1.82) is 0 Å². The Hall–Kier alpha value is -6.85. The standard InChI is InChI=1S/C31H48N6O12.C21H32N7O9P/c1-27(2,3)46-23(40)36(24(41)47-28(4,5)6)20-17-19(35(15-32-17)21-31(13,44)18(39)16(14-38)45-21)33-22(34-20)37(25(42)48-29(7,8)9)26(43)49-30(10,11)12;1-10(29)5-6-24-17(31)14-20(2,3)8-35-38(33,37-14)34-7-11-13(30)21(4,32)18(36-11)28-9-25-12-15(22)26-19(23)27-16(12)28/h15-16,18,21,38-39,44H,14H2,1-13H3;9,11,13-14,18,30,32H,5-8H2,1-4H3,(H,24,31)(H4,22,23,26,27)/t16-,18+,21-,31?;11-,13+,14+,18-,21?,38?/m11/s1. The second kappa shape index (κ2) is 25.0. The molecule has 10 atom stereocenters. The van der Waals surface area contributed by atoms with Crippen molar-refractivity contribution in [2.45, 2.75) is 201 Å². The van der Waals surface area contributed by atoms with Crippen LogP contribution in [0.3, 0.4) is 0 Å². The zero-order chi connectivity index (χ0) is 65.7. The number of imide groups is 2. The number of ketones is 1. The van der Waals surface area contributed by atoms with Crippen molar-refractivity contribution in [3.63, 3.8) is 0 Å². The van der Waals surface area contributed by atoms with Gasteiger partial charge in [0.1, 0.15) is 69.3 Å². The Morgan fingerprint density at radius 1 is 0.701 bits per heavy atom. The van der Waals surface area contributed by atoms with Gasteiger partial charge in [-0.1, -0.05) is 13.8 Å². The molecule has 7 heterocycles. The summed E-state index contributed by atoms with van der Waals surface area (Å²) in [6.45, 7) is 24.8. The van der Waals surface area contributed by atoms with E-state index in [4.69, 9.17) is 53.5 Å². The number of carbonyl (C=O) groups is 6. The zero-order valence-corrected chi connectivity index (χ0v) is 52.5. The molecule has 3 aliphatic heterocycles. The van der Waals surface area contributed by atoms with Gasteiger partial charge < -0.3 is 70.7 Å². The fraction of sp³-hybridized carbons (Fsp3) is 0.692. The minimum atomic E-state index is -4.28. The number of carbonyl (C=O) groups excluding carboxylic acids is 6. The number of aliphatic hydroxyl groups is 5. The molecule has 7 rings (SSSR count). The summed E-state index contributed by atoms with van der Waals surface area (Å²) in [4.78, 5) is 104. The van der Waals surface area contributed by atoms with Gasteiger partial charge in [0.25, 0.3) is 0 Å². The topological polar surface area (TPSA) is 461 Å². The summed E-state index contributed by atoms with van der Waals surface area (Å²) in [6.07, 6.45) is -12.0. The number of anilines is 4. The first-order valence-electron chi connectivity index (χ1n) is 27.3. The van der Waals surface area contributed by atoms with Gasteiger partial charge in [0.2, 0.25) is 17.8 Å². The Kier molecular flexibility index (Phi) is 19.9. The van der Waals surface area contributed by atoms with E-state index in [2.05, 4.69) is 35.2 Å². The Balaban J connectivity index is 0.000000286. The van der Waals surface area contributed by atoms with Crippen LogP contribution in [-0.2, 0) is 56.1 Å². The highest BCUT2D eigenvalue weighted by Crippen LogP contribution is 2.58. The first kappa shape index (κ1) is 69.3. The molecule has 4 aromatic heterocycles. The van der Waals surface area contributed by atoms with Crippen LogP contribution in [0.25, 0.3) is 22.3 Å². The first-order chi connectivity index (χ1) is 39.7. The number of nitrogen functional groups attached to an aromatic ring is 2. The molecule has 0 saturated carbocycles. The molecule has 35 heteroatoms. The summed E-state index contributed by atoms with van der Waals surface area (Å²) in [5, 5.41) is 56.2. The van der Waals surface area contributed by atoms with Crippen LogP contribution < -0.4 is 26.6 Å². The number of ether oxygens (including phenoxy) is 6. The molecule has 87 heavy (non-hydrogen) atoms. The largest absolute Gasteiger partial charge is 0.475 e. The van der Waals surface area contributed by atoms with E-state index < -0.39 is 145 Å². The highest BCUT2D eigenvalue weighted by atomic mass is 31.2. The van der Waals surface area contributed by atoms with Gasteiger partial charge in [0, 0.05) is 18.4 Å². The normalized spacial score (nSPS) is 26.6. The molecule has 3 unspecified atom stereocenters. The Labute approximate surface area is 500 Å². The summed E-state index contributed by atoms with van der Waals surface area (Å²) in [5.41, 5.74) is 2.04. The van der Waals surface area contributed by atoms with Crippen LogP contribution in [0.2, 0.25) is 0 Å². The molecular weight excluding hydrogens is 1170 g/mol. The molecule has 10 N–H and O–H groups in total. The average molecular weight is 1250 g/mol. The van der Waals surface area contributed by atoms with Crippen molar-refractivity contribution in [2.75, 3.05) is 47.6 Å². The SMILES string of the molecule is CC(=O)CCNC(=O)[C@@H]1OP(=O)(OC[C@H]2O[C@@H](n3cnc4c(N)nc(N)nc43)C(C)(O)[C@H]2O)OCC1(C)C.CC(C)(C)OC(=O)N(C(=O)OC(C)(C)C)c1nc(N(C(=O)OC(C)(C)C)C(=O)OC(C)(C)C)c2ncn([C@@H]3O[C@H](CO)[C@H](O)C3(C)O)c2n1. The molecule has 3 fully saturated rings. The second-order valence-corrected chi connectivity index (χ2v) is 27.5. The number of nitrogens with two attached hydrogens (primary N) is 2. The van der Waals surface area contributed by atoms with Crippen molar-refractivity contribution in [3.05, 3.63) is 12.7 Å². The number of rotatable bonds is 12. The number of nitrogens with one attached hydrogen (secondary N) is 1. The number of phosphoric acid groups is 1. The molecule has 3 saturated heterocycles. The first-order valence-corrected chi connectivity index (χ1v) is 28.8. The molecular formula is C52H80N13O21P. The maximum absolute atomic E-state index is 13.7. The number of phosphoric ester groups is 1. The van der Waals surface area contributed by atoms with Crippen molar-refractivity contribution in [2.24, 2.45) is 5.41 Å². The van der Waals surface area contributed by atoms with Crippen molar-refractivity contribution < 1.29 is 101 Å². The van der Waals surface area contributed by atoms with Crippen LogP contribution in [0.15, 0.2) is 12.7 Å². The van der Waals surface area contributed by atoms with Crippen LogP contribution in [0.4, 0.5) is 42.7 Å². The molecule has 0 radical (unpaired) electrons. The van der Waals surface area contributed by atoms with E-state index in [1.807, 2.05) is 0 Å². The second-order valence-electron chi connectivity index (χ2n) is 25.9. The maximum Gasteiger partial charge on any atom is 0.475 e. The number of hydrogen-bond donors (Lipinski definition) is 8. The average Bonchev–Trinajstić information content (AvgIpc) is 1.70. The summed E-state index contributed by atoms with van der Waals surface area (Å²) in [5.74, 6) is -2.12. The minimum Gasteiger partial charge on any atom is -0.443 e. The third-order valence-corrected chi connectivity index (χ3v) is 14.1. The Morgan fingerprint density at radius 3 is 1.61 bits per heavy atom. The van der Waals surface area contributed by atoms with Crippen LogP contribution in [-0.4, -0.2) is 191 Å². The number of nitrogens with zero attached hydrogens (tertiary/aromatic N) is 10. The number of Topliss-reactive ketones (excluding diaryl/α,β-unsaturated/α-hetero) is 1. The number of aromatic nitrogens is 8. The van der Waals surface area contributed by atoms with Gasteiger partial charge in [-0.3, -0.25) is 32.3 Å². The molecule has 0 bridgehead atoms. The molecule has 484 valence electrons. The van der Waals surface area contributed by atoms with Gasteiger partial charge in [0.05, 0.1) is 32.5 Å². The van der Waals surface area contributed by atoms with Crippen molar-refractivity contribution in [1.82, 2.24) is 44.4 Å². The molecule has 0 aromatic carbocycles. The van der Waals surface area contributed by atoms with Gasteiger partial charge >= 0.3 is 32.2 Å². The number of imidazole rings is 2. The Bertz CT molecular complexity index is 3230. The van der Waals surface area contributed by atoms with E-state index >= 15 is 0 Å². The molecule has 34 nitrogen and oxygen atoms in total. The fourth-order valence-corrected chi connectivity index (χ4v) is 10.3. The van der Waals surface area contributed by atoms with Gasteiger partial charge in [-0.05, 0) is 104 Å². The van der Waals surface area contributed by atoms with Gasteiger partial charge in [-0.25, -0.2) is 33.7 Å².